The van der Waals surface area contributed by atoms with Crippen LogP contribution in [-0.2, 0) is 6.42 Å². The number of carbonyl (C=O) groups excluding carboxylic acids is 1. The first-order valence-electron chi connectivity index (χ1n) is 8.31. The minimum absolute atomic E-state index is 0.288. The smallest absolute Gasteiger partial charge is 0.274 e. The van der Waals surface area contributed by atoms with Crippen molar-refractivity contribution in [2.45, 2.75) is 6.42 Å². The van der Waals surface area contributed by atoms with Crippen molar-refractivity contribution in [1.29, 1.82) is 0 Å². The maximum atomic E-state index is 12.4. The lowest BCUT2D eigenvalue weighted by Gasteiger charge is -2.08. The van der Waals surface area contributed by atoms with Gasteiger partial charge in [0.1, 0.15) is 11.4 Å². The Labute approximate surface area is 152 Å². The van der Waals surface area contributed by atoms with Crippen LogP contribution in [0.25, 0.3) is 0 Å². The molecule has 1 heterocycles. The lowest BCUT2D eigenvalue weighted by Crippen LogP contribution is -2.16. The van der Waals surface area contributed by atoms with Crippen LogP contribution in [0, 0.1) is 0 Å². The molecule has 0 fully saturated rings. The largest absolute Gasteiger partial charge is 0.497 e. The van der Waals surface area contributed by atoms with Gasteiger partial charge in [-0.05, 0) is 42.3 Å². The summed E-state index contributed by atoms with van der Waals surface area (Å²) in [6.07, 6.45) is 2.42. The minimum Gasteiger partial charge on any atom is -0.497 e. The Kier molecular flexibility index (Phi) is 5.77. The first-order valence-corrected chi connectivity index (χ1v) is 8.31. The summed E-state index contributed by atoms with van der Waals surface area (Å²) >= 11 is 0. The van der Waals surface area contributed by atoms with Gasteiger partial charge in [-0.1, -0.05) is 30.3 Å². The summed E-state index contributed by atoms with van der Waals surface area (Å²) in [5, 5.41) is 5.95. The summed E-state index contributed by atoms with van der Waals surface area (Å²) in [6, 6.07) is 18.9. The average Bonchev–Trinajstić information content (AvgIpc) is 2.69. The second kappa shape index (κ2) is 8.62. The first kappa shape index (κ1) is 17.4. The molecule has 1 amide bonds. The number of benzene rings is 2. The van der Waals surface area contributed by atoms with E-state index in [0.717, 1.165) is 12.2 Å². The molecule has 0 radical (unpaired) electrons. The molecular formula is C20H20N4O2. The fourth-order valence-electron chi connectivity index (χ4n) is 2.40. The number of carbonyl (C=O) groups is 1. The Morgan fingerprint density at radius 3 is 2.54 bits per heavy atom. The third-order valence-corrected chi connectivity index (χ3v) is 3.78. The summed E-state index contributed by atoms with van der Waals surface area (Å²) in [7, 11) is 1.60. The lowest BCUT2D eigenvalue weighted by atomic mass is 10.1. The number of aromatic nitrogens is 2. The molecule has 3 aromatic rings. The normalized spacial score (nSPS) is 10.2. The van der Waals surface area contributed by atoms with Crippen molar-refractivity contribution in [2.75, 3.05) is 24.3 Å². The van der Waals surface area contributed by atoms with Gasteiger partial charge in [0, 0.05) is 18.4 Å². The van der Waals surface area contributed by atoms with E-state index in [-0.39, 0.29) is 5.91 Å². The van der Waals surface area contributed by atoms with Crippen LogP contribution in [0.4, 0.5) is 11.6 Å². The van der Waals surface area contributed by atoms with Gasteiger partial charge in [0.2, 0.25) is 5.95 Å². The van der Waals surface area contributed by atoms with Crippen molar-refractivity contribution < 1.29 is 9.53 Å². The van der Waals surface area contributed by atoms with E-state index >= 15 is 0 Å². The van der Waals surface area contributed by atoms with E-state index in [9.17, 15) is 4.79 Å². The van der Waals surface area contributed by atoms with Crippen LogP contribution in [0.1, 0.15) is 16.1 Å². The van der Waals surface area contributed by atoms with Crippen molar-refractivity contribution in [3.8, 4) is 5.75 Å². The Hall–Kier alpha value is -3.41. The fraction of sp³-hybridized carbons (Fsp3) is 0.150. The highest BCUT2D eigenvalue weighted by Crippen LogP contribution is 2.15. The predicted molar refractivity (Wildman–Crippen MR) is 102 cm³/mol. The molecule has 0 atom stereocenters. The van der Waals surface area contributed by atoms with E-state index < -0.39 is 0 Å². The number of hydrogen-bond acceptors (Lipinski definition) is 5. The molecule has 0 unspecified atom stereocenters. The van der Waals surface area contributed by atoms with E-state index in [2.05, 4.69) is 32.7 Å². The topological polar surface area (TPSA) is 76.1 Å². The van der Waals surface area contributed by atoms with Gasteiger partial charge in [-0.25, -0.2) is 9.97 Å². The highest BCUT2D eigenvalue weighted by atomic mass is 16.5. The van der Waals surface area contributed by atoms with E-state index in [1.165, 1.54) is 5.56 Å². The molecule has 6 nitrogen and oxygen atoms in total. The SMILES string of the molecule is COc1ccc(NC(=O)c2ccnc(NCCc3ccccc3)n2)cc1. The van der Waals surface area contributed by atoms with E-state index in [4.69, 9.17) is 4.74 Å². The number of methoxy groups -OCH3 is 1. The van der Waals surface area contributed by atoms with Gasteiger partial charge in [-0.15, -0.1) is 0 Å². The van der Waals surface area contributed by atoms with E-state index in [0.29, 0.717) is 23.9 Å². The molecule has 2 N–H and O–H groups in total. The van der Waals surface area contributed by atoms with Crippen LogP contribution in [0.3, 0.4) is 0 Å². The number of anilines is 2. The summed E-state index contributed by atoms with van der Waals surface area (Å²) in [6.45, 7) is 0.688. The molecule has 132 valence electrons. The molecule has 0 aliphatic rings. The Morgan fingerprint density at radius 2 is 1.81 bits per heavy atom. The van der Waals surface area contributed by atoms with Crippen molar-refractivity contribution in [3.05, 3.63) is 78.1 Å². The van der Waals surface area contributed by atoms with Crippen molar-refractivity contribution in [1.82, 2.24) is 9.97 Å². The second-order valence-electron chi connectivity index (χ2n) is 5.61. The zero-order valence-electron chi connectivity index (χ0n) is 14.5. The highest BCUT2D eigenvalue weighted by molar-refractivity contribution is 6.02. The molecule has 0 saturated heterocycles. The zero-order valence-corrected chi connectivity index (χ0v) is 14.5. The molecule has 0 saturated carbocycles. The van der Waals surface area contributed by atoms with Gasteiger partial charge in [-0.2, -0.15) is 0 Å². The third kappa shape index (κ3) is 4.80. The highest BCUT2D eigenvalue weighted by Gasteiger charge is 2.09. The predicted octanol–water partition coefficient (Wildman–Crippen LogP) is 3.39. The minimum atomic E-state index is -0.288. The number of amides is 1. The summed E-state index contributed by atoms with van der Waals surface area (Å²) < 4.78 is 5.10. The van der Waals surface area contributed by atoms with Crippen LogP contribution in [-0.4, -0.2) is 29.5 Å². The van der Waals surface area contributed by atoms with Gasteiger partial charge in [0.25, 0.3) is 5.91 Å². The van der Waals surface area contributed by atoms with Crippen LogP contribution in [0.2, 0.25) is 0 Å². The maximum absolute atomic E-state index is 12.4. The molecule has 0 aliphatic heterocycles. The molecule has 26 heavy (non-hydrogen) atoms. The number of nitrogens with one attached hydrogen (secondary N) is 2. The molecule has 2 aromatic carbocycles. The average molecular weight is 348 g/mol. The molecule has 0 aliphatic carbocycles. The van der Waals surface area contributed by atoms with Crippen molar-refractivity contribution >= 4 is 17.5 Å². The number of nitrogens with zero attached hydrogens (tertiary/aromatic N) is 2. The van der Waals surface area contributed by atoms with E-state index in [1.54, 1.807) is 43.6 Å². The van der Waals surface area contributed by atoms with E-state index in [1.807, 2.05) is 18.2 Å². The molecule has 0 spiro atoms. The quantitative estimate of drug-likeness (QED) is 0.684. The number of hydrogen-bond donors (Lipinski definition) is 2. The zero-order chi connectivity index (χ0) is 18.2. The second-order valence-corrected chi connectivity index (χ2v) is 5.61. The van der Waals surface area contributed by atoms with Gasteiger partial charge in [0.15, 0.2) is 0 Å². The summed E-state index contributed by atoms with van der Waals surface area (Å²) in [4.78, 5) is 20.8. The molecule has 3 rings (SSSR count). The number of rotatable bonds is 7. The lowest BCUT2D eigenvalue weighted by molar-refractivity contribution is 0.102. The monoisotopic (exact) mass is 348 g/mol. The summed E-state index contributed by atoms with van der Waals surface area (Å²) in [5.74, 6) is 0.877. The van der Waals surface area contributed by atoms with Crippen LogP contribution < -0.4 is 15.4 Å². The number of ether oxygens (including phenoxy) is 1. The third-order valence-electron chi connectivity index (χ3n) is 3.78. The van der Waals surface area contributed by atoms with Gasteiger partial charge < -0.3 is 15.4 Å². The first-order chi connectivity index (χ1) is 12.7. The van der Waals surface area contributed by atoms with Gasteiger partial charge in [-0.3, -0.25) is 4.79 Å². The molecular weight excluding hydrogens is 328 g/mol. The molecule has 1 aromatic heterocycles. The summed E-state index contributed by atoms with van der Waals surface area (Å²) in [5.41, 5.74) is 2.21. The fourth-order valence-corrected chi connectivity index (χ4v) is 2.40. The Balaban J connectivity index is 1.57. The van der Waals surface area contributed by atoms with Crippen LogP contribution in [0.5, 0.6) is 5.75 Å². The van der Waals surface area contributed by atoms with Crippen molar-refractivity contribution in [3.63, 3.8) is 0 Å². The molecule has 6 heteroatoms. The van der Waals surface area contributed by atoms with Crippen LogP contribution >= 0.6 is 0 Å². The van der Waals surface area contributed by atoms with Crippen molar-refractivity contribution in [2.24, 2.45) is 0 Å². The van der Waals surface area contributed by atoms with Gasteiger partial charge >= 0.3 is 0 Å². The van der Waals surface area contributed by atoms with Crippen LogP contribution in [0.15, 0.2) is 66.9 Å². The van der Waals surface area contributed by atoms with Gasteiger partial charge in [0.05, 0.1) is 7.11 Å². The Bertz CT molecular complexity index is 851. The maximum Gasteiger partial charge on any atom is 0.274 e. The molecule has 0 bridgehead atoms. The standard InChI is InChI=1S/C20H20N4O2/c1-26-17-9-7-16(8-10-17)23-19(25)18-12-14-22-20(24-18)21-13-11-15-5-3-2-4-6-15/h2-10,12,14H,11,13H2,1H3,(H,23,25)(H,21,22,24). The Morgan fingerprint density at radius 1 is 1.04 bits per heavy atom.